The van der Waals surface area contributed by atoms with Gasteiger partial charge in [0.25, 0.3) is 0 Å². The molecule has 1 unspecified atom stereocenters. The Hall–Kier alpha value is -0.570. The van der Waals surface area contributed by atoms with Crippen LogP contribution in [0.2, 0.25) is 0 Å². The molecule has 0 aromatic carbocycles. The molecule has 1 atom stereocenters. The quantitative estimate of drug-likeness (QED) is 0.792. The molecule has 18 heavy (non-hydrogen) atoms. The van der Waals surface area contributed by atoms with Crippen LogP contribution in [0.25, 0.3) is 0 Å². The first-order valence-corrected chi connectivity index (χ1v) is 7.40. The molecule has 0 heterocycles. The highest BCUT2D eigenvalue weighted by Gasteiger charge is 2.43. The molecule has 1 saturated carbocycles. The summed E-state index contributed by atoms with van der Waals surface area (Å²) in [5.41, 5.74) is 5.52. The predicted molar refractivity (Wildman–Crippen MR) is 76.3 cm³/mol. The molecule has 0 aliphatic heterocycles. The zero-order valence-electron chi connectivity index (χ0n) is 12.5. The lowest BCUT2D eigenvalue weighted by Gasteiger charge is -2.36. The van der Waals surface area contributed by atoms with Gasteiger partial charge in [0, 0.05) is 18.5 Å². The molecule has 0 spiro atoms. The maximum Gasteiger partial charge on any atom is 0.228 e. The average Bonchev–Trinajstić information content (AvgIpc) is 2.76. The Morgan fingerprint density at radius 3 is 2.28 bits per heavy atom. The highest BCUT2D eigenvalue weighted by atomic mass is 16.2. The van der Waals surface area contributed by atoms with Gasteiger partial charge < -0.3 is 10.6 Å². The molecule has 0 bridgehead atoms. The molecule has 0 aromatic rings. The molecular formula is C15H30N2O. The third kappa shape index (κ3) is 3.47. The molecule has 3 nitrogen and oxygen atoms in total. The molecule has 1 amide bonds. The minimum atomic E-state index is -0.0776. The van der Waals surface area contributed by atoms with Gasteiger partial charge in [0.1, 0.15) is 0 Å². The van der Waals surface area contributed by atoms with Crippen LogP contribution < -0.4 is 5.73 Å². The highest BCUT2D eigenvalue weighted by molar-refractivity contribution is 5.83. The van der Waals surface area contributed by atoms with Gasteiger partial charge in [-0.2, -0.15) is 0 Å². The molecule has 0 saturated heterocycles. The minimum absolute atomic E-state index is 0.0776. The van der Waals surface area contributed by atoms with Crippen LogP contribution in [0.4, 0.5) is 0 Å². The number of rotatable bonds is 6. The van der Waals surface area contributed by atoms with Gasteiger partial charge in [0.15, 0.2) is 0 Å². The van der Waals surface area contributed by atoms with Crippen molar-refractivity contribution in [3.63, 3.8) is 0 Å². The van der Waals surface area contributed by atoms with E-state index in [-0.39, 0.29) is 11.5 Å². The monoisotopic (exact) mass is 254 g/mol. The van der Waals surface area contributed by atoms with Gasteiger partial charge in [0.2, 0.25) is 5.91 Å². The van der Waals surface area contributed by atoms with Crippen molar-refractivity contribution >= 4 is 5.91 Å². The fourth-order valence-electron chi connectivity index (χ4n) is 3.35. The summed E-state index contributed by atoms with van der Waals surface area (Å²) in [6, 6.07) is 0.257. The Labute approximate surface area is 112 Å². The van der Waals surface area contributed by atoms with Crippen LogP contribution >= 0.6 is 0 Å². The van der Waals surface area contributed by atoms with Gasteiger partial charge >= 0.3 is 0 Å². The fraction of sp³-hybridized carbons (Fsp3) is 0.933. The molecule has 1 aliphatic carbocycles. The van der Waals surface area contributed by atoms with Gasteiger partial charge in [-0.3, -0.25) is 4.79 Å². The van der Waals surface area contributed by atoms with E-state index >= 15 is 0 Å². The van der Waals surface area contributed by atoms with E-state index < -0.39 is 0 Å². The largest absolute Gasteiger partial charge is 0.343 e. The van der Waals surface area contributed by atoms with Gasteiger partial charge in [-0.1, -0.05) is 26.7 Å². The SMILES string of the molecule is CC(C)CC1(C(=O)N(C)C(C)CCN)CCCC1. The molecule has 1 fully saturated rings. The lowest BCUT2D eigenvalue weighted by molar-refractivity contribution is -0.143. The first-order chi connectivity index (χ1) is 8.43. The average molecular weight is 254 g/mol. The molecule has 1 aliphatic rings. The molecule has 3 heteroatoms. The van der Waals surface area contributed by atoms with E-state index in [4.69, 9.17) is 5.73 Å². The smallest absolute Gasteiger partial charge is 0.228 e. The van der Waals surface area contributed by atoms with E-state index in [1.807, 2.05) is 11.9 Å². The van der Waals surface area contributed by atoms with E-state index in [1.54, 1.807) is 0 Å². The first kappa shape index (κ1) is 15.5. The van der Waals surface area contributed by atoms with Crippen molar-refractivity contribution in [2.45, 2.75) is 65.3 Å². The number of nitrogens with two attached hydrogens (primary N) is 1. The molecule has 106 valence electrons. The Kier molecular flexibility index (Phi) is 5.64. The van der Waals surface area contributed by atoms with Gasteiger partial charge in [-0.25, -0.2) is 0 Å². The van der Waals surface area contributed by atoms with Crippen LogP contribution in [-0.4, -0.2) is 30.4 Å². The molecule has 0 aromatic heterocycles. The lowest BCUT2D eigenvalue weighted by Crippen LogP contribution is -2.45. The number of carbonyl (C=O) groups is 1. The predicted octanol–water partition coefficient (Wildman–Crippen LogP) is 2.79. The minimum Gasteiger partial charge on any atom is -0.343 e. The standard InChI is InChI=1S/C15H30N2O/c1-12(2)11-15(8-5-6-9-15)14(18)17(4)13(3)7-10-16/h12-13H,5-11,16H2,1-4H3. The van der Waals surface area contributed by atoms with Crippen molar-refractivity contribution in [1.29, 1.82) is 0 Å². The van der Waals surface area contributed by atoms with Crippen LogP contribution in [0.1, 0.15) is 59.3 Å². The molecule has 1 rings (SSSR count). The summed E-state index contributed by atoms with van der Waals surface area (Å²) in [5.74, 6) is 0.944. The number of hydrogen-bond donors (Lipinski definition) is 1. The maximum atomic E-state index is 12.8. The van der Waals surface area contributed by atoms with E-state index in [2.05, 4.69) is 20.8 Å². The zero-order valence-corrected chi connectivity index (χ0v) is 12.5. The number of amides is 1. The topological polar surface area (TPSA) is 46.3 Å². The van der Waals surface area contributed by atoms with Crippen LogP contribution in [0.5, 0.6) is 0 Å². The Bertz CT molecular complexity index is 270. The summed E-state index contributed by atoms with van der Waals surface area (Å²) >= 11 is 0. The molecular weight excluding hydrogens is 224 g/mol. The highest BCUT2D eigenvalue weighted by Crippen LogP contribution is 2.44. The van der Waals surface area contributed by atoms with Gasteiger partial charge in [0.05, 0.1) is 0 Å². The summed E-state index contributed by atoms with van der Waals surface area (Å²) < 4.78 is 0. The van der Waals surface area contributed by atoms with Crippen molar-refractivity contribution in [3.8, 4) is 0 Å². The van der Waals surface area contributed by atoms with Crippen molar-refractivity contribution in [2.24, 2.45) is 17.1 Å². The third-order valence-corrected chi connectivity index (χ3v) is 4.38. The Morgan fingerprint density at radius 2 is 1.83 bits per heavy atom. The van der Waals surface area contributed by atoms with E-state index in [0.717, 1.165) is 25.7 Å². The van der Waals surface area contributed by atoms with E-state index in [9.17, 15) is 4.79 Å². The van der Waals surface area contributed by atoms with Crippen LogP contribution in [0.3, 0.4) is 0 Å². The lowest BCUT2D eigenvalue weighted by atomic mass is 9.77. The van der Waals surface area contributed by atoms with Crippen LogP contribution in [0.15, 0.2) is 0 Å². The number of nitrogens with zero attached hydrogens (tertiary/aromatic N) is 1. The Balaban J connectivity index is 2.76. The summed E-state index contributed by atoms with van der Waals surface area (Å²) in [4.78, 5) is 14.7. The van der Waals surface area contributed by atoms with Crippen molar-refractivity contribution < 1.29 is 4.79 Å². The maximum absolute atomic E-state index is 12.8. The fourth-order valence-corrected chi connectivity index (χ4v) is 3.35. The van der Waals surface area contributed by atoms with E-state index in [0.29, 0.717) is 18.4 Å². The van der Waals surface area contributed by atoms with Crippen LogP contribution in [0, 0.1) is 11.3 Å². The second kappa shape index (κ2) is 6.55. The van der Waals surface area contributed by atoms with Crippen molar-refractivity contribution in [2.75, 3.05) is 13.6 Å². The normalized spacial score (nSPS) is 20.1. The summed E-state index contributed by atoms with van der Waals surface area (Å²) in [5, 5.41) is 0. The first-order valence-electron chi connectivity index (χ1n) is 7.40. The number of carbonyl (C=O) groups excluding carboxylic acids is 1. The van der Waals surface area contributed by atoms with Crippen molar-refractivity contribution in [1.82, 2.24) is 4.90 Å². The van der Waals surface area contributed by atoms with Gasteiger partial charge in [-0.05, 0) is 45.1 Å². The summed E-state index contributed by atoms with van der Waals surface area (Å²) in [7, 11) is 1.95. The second-order valence-corrected chi connectivity index (χ2v) is 6.43. The second-order valence-electron chi connectivity index (χ2n) is 6.43. The number of hydrogen-bond acceptors (Lipinski definition) is 2. The van der Waals surface area contributed by atoms with E-state index in [1.165, 1.54) is 12.8 Å². The Morgan fingerprint density at radius 1 is 1.28 bits per heavy atom. The zero-order chi connectivity index (χ0) is 13.8. The van der Waals surface area contributed by atoms with Crippen LogP contribution in [-0.2, 0) is 4.79 Å². The molecule has 2 N–H and O–H groups in total. The third-order valence-electron chi connectivity index (χ3n) is 4.38. The van der Waals surface area contributed by atoms with Gasteiger partial charge in [-0.15, -0.1) is 0 Å². The summed E-state index contributed by atoms with van der Waals surface area (Å²) in [6.07, 6.45) is 6.48. The summed E-state index contributed by atoms with van der Waals surface area (Å²) in [6.45, 7) is 7.19. The van der Waals surface area contributed by atoms with Crippen molar-refractivity contribution in [3.05, 3.63) is 0 Å². The molecule has 0 radical (unpaired) electrons.